The lowest BCUT2D eigenvalue weighted by Crippen LogP contribution is -2.33. The molecule has 3 aliphatic rings. The van der Waals surface area contributed by atoms with Crippen LogP contribution in [0.3, 0.4) is 0 Å². The molecule has 8 aromatic rings. The highest BCUT2D eigenvalue weighted by molar-refractivity contribution is 5.99. The number of benzene rings is 8. The van der Waals surface area contributed by atoms with Crippen LogP contribution in [0, 0.1) is 6.92 Å². The molecule has 0 saturated heterocycles. The lowest BCUT2D eigenvalue weighted by molar-refractivity contribution is 0.628. The Balaban J connectivity index is 0.976. The quantitative estimate of drug-likeness (QED) is 0.148. The molecule has 2 atom stereocenters. The predicted molar refractivity (Wildman–Crippen MR) is 263 cm³/mol. The third-order valence-electron chi connectivity index (χ3n) is 14.0. The van der Waals surface area contributed by atoms with Crippen molar-refractivity contribution in [2.75, 3.05) is 9.80 Å². The average molecular weight is 799 g/mol. The lowest BCUT2D eigenvalue weighted by atomic mass is 9.71. The van der Waals surface area contributed by atoms with Gasteiger partial charge in [0, 0.05) is 39.2 Å². The van der Waals surface area contributed by atoms with Crippen molar-refractivity contribution < 1.29 is 0 Å². The number of hydrogen-bond donors (Lipinski definition) is 0. The SMILES string of the molecule is C=CC1(C)c2ccccc2-c2cc3c(cc21)N(C1=CC(c2cccc(-c4ccc(N(c5ccccc5)c5cccc6ccccc56)c(C)c4)c2)CC=C1)c1ccccc1C3(C)C. The summed E-state index contributed by atoms with van der Waals surface area (Å²) in [5, 5.41) is 2.46. The Bertz CT molecular complexity index is 3140. The fraction of sp³-hybridized carbons (Fsp3) is 0.133. The normalized spacial score (nSPS) is 18.0. The van der Waals surface area contributed by atoms with Crippen molar-refractivity contribution in [1.29, 1.82) is 0 Å². The summed E-state index contributed by atoms with van der Waals surface area (Å²) in [6, 6.07) is 65.0. The maximum absolute atomic E-state index is 4.38. The van der Waals surface area contributed by atoms with E-state index >= 15 is 0 Å². The molecule has 2 unspecified atom stereocenters. The smallest absolute Gasteiger partial charge is 0.0540 e. The van der Waals surface area contributed by atoms with E-state index in [4.69, 9.17) is 0 Å². The zero-order chi connectivity index (χ0) is 42.2. The van der Waals surface area contributed by atoms with Crippen molar-refractivity contribution in [3.63, 3.8) is 0 Å². The Morgan fingerprint density at radius 1 is 0.597 bits per heavy atom. The van der Waals surface area contributed by atoms with Gasteiger partial charge in [-0.05, 0) is 136 Å². The molecule has 0 saturated carbocycles. The van der Waals surface area contributed by atoms with E-state index in [1.54, 1.807) is 0 Å². The van der Waals surface area contributed by atoms with Crippen LogP contribution in [0.2, 0.25) is 0 Å². The summed E-state index contributed by atoms with van der Waals surface area (Å²) in [7, 11) is 0. The molecule has 1 aliphatic heterocycles. The zero-order valence-corrected chi connectivity index (χ0v) is 35.9. The van der Waals surface area contributed by atoms with Gasteiger partial charge in [-0.25, -0.2) is 0 Å². The largest absolute Gasteiger partial charge is 0.310 e. The van der Waals surface area contributed by atoms with Gasteiger partial charge in [-0.1, -0.05) is 159 Å². The van der Waals surface area contributed by atoms with Crippen molar-refractivity contribution in [1.82, 2.24) is 0 Å². The number of para-hydroxylation sites is 2. The Kier molecular flexibility index (Phi) is 8.84. The number of anilines is 5. The molecule has 8 aromatic carbocycles. The van der Waals surface area contributed by atoms with Gasteiger partial charge in [0.25, 0.3) is 0 Å². The monoisotopic (exact) mass is 798 g/mol. The van der Waals surface area contributed by atoms with E-state index < -0.39 is 0 Å². The standard InChI is InChI=1S/C60H50N2/c1-6-60(5)51-29-13-12-28-49(51)50-38-54-58(39-53(50)60)62(57-31-15-14-30-52(57)59(54,3)4)47-26-17-23-44(37-47)42-21-16-22-43(36-42)45-33-34-55(40(2)35-45)61(46-24-8-7-9-25-46)56-32-18-20-41-19-10-11-27-48(41)56/h6-22,24-39,44H,1,23H2,2-5H3. The highest BCUT2D eigenvalue weighted by Gasteiger charge is 2.43. The summed E-state index contributed by atoms with van der Waals surface area (Å²) in [5.74, 6) is 0.220. The summed E-state index contributed by atoms with van der Waals surface area (Å²) in [6.45, 7) is 13.7. The number of nitrogens with zero attached hydrogens (tertiary/aromatic N) is 2. The average Bonchev–Trinajstić information content (AvgIpc) is 3.57. The second-order valence-corrected chi connectivity index (χ2v) is 18.0. The van der Waals surface area contributed by atoms with Crippen LogP contribution in [0.15, 0.2) is 213 Å². The van der Waals surface area contributed by atoms with E-state index in [-0.39, 0.29) is 16.7 Å². The molecule has 2 nitrogen and oxygen atoms in total. The molecule has 0 aromatic heterocycles. The van der Waals surface area contributed by atoms with Gasteiger partial charge in [-0.3, -0.25) is 0 Å². The van der Waals surface area contributed by atoms with Crippen LogP contribution in [0.4, 0.5) is 28.4 Å². The van der Waals surface area contributed by atoms with E-state index in [1.807, 2.05) is 0 Å². The molecule has 300 valence electrons. The highest BCUT2D eigenvalue weighted by atomic mass is 15.2. The summed E-state index contributed by atoms with van der Waals surface area (Å²) < 4.78 is 0. The summed E-state index contributed by atoms with van der Waals surface area (Å²) in [4.78, 5) is 4.94. The van der Waals surface area contributed by atoms with E-state index in [1.165, 1.54) is 94.9 Å². The molecular formula is C60H50N2. The molecule has 0 radical (unpaired) electrons. The molecule has 0 spiro atoms. The molecule has 0 bridgehead atoms. The predicted octanol–water partition coefficient (Wildman–Crippen LogP) is 16.2. The van der Waals surface area contributed by atoms with Crippen molar-refractivity contribution >= 4 is 39.2 Å². The minimum absolute atomic E-state index is 0.188. The first kappa shape index (κ1) is 37.8. The number of rotatable bonds is 7. The summed E-state index contributed by atoms with van der Waals surface area (Å²) in [5.41, 5.74) is 19.7. The molecule has 2 aliphatic carbocycles. The Hall–Kier alpha value is -7.16. The molecule has 2 heteroatoms. The second-order valence-electron chi connectivity index (χ2n) is 18.0. The van der Waals surface area contributed by atoms with Crippen LogP contribution in [0.1, 0.15) is 66.5 Å². The zero-order valence-electron chi connectivity index (χ0n) is 35.9. The van der Waals surface area contributed by atoms with Crippen LogP contribution < -0.4 is 9.80 Å². The minimum atomic E-state index is -0.278. The van der Waals surface area contributed by atoms with E-state index in [0.29, 0.717) is 0 Å². The third kappa shape index (κ3) is 5.85. The number of aryl methyl sites for hydroxylation is 1. The fourth-order valence-electron chi connectivity index (χ4n) is 10.7. The first-order chi connectivity index (χ1) is 30.2. The van der Waals surface area contributed by atoms with Crippen LogP contribution in [0.25, 0.3) is 33.0 Å². The van der Waals surface area contributed by atoms with Crippen molar-refractivity contribution in [3.8, 4) is 22.3 Å². The molecule has 0 fully saturated rings. The topological polar surface area (TPSA) is 6.48 Å². The molecular weight excluding hydrogens is 749 g/mol. The van der Waals surface area contributed by atoms with E-state index in [0.717, 1.165) is 12.1 Å². The second kappa shape index (κ2) is 14.5. The Morgan fingerprint density at radius 2 is 1.32 bits per heavy atom. The molecule has 1 heterocycles. The lowest BCUT2D eigenvalue weighted by Gasteiger charge is -2.43. The summed E-state index contributed by atoms with van der Waals surface area (Å²) in [6.07, 6.45) is 10.3. The van der Waals surface area contributed by atoms with Gasteiger partial charge < -0.3 is 9.80 Å². The maximum Gasteiger partial charge on any atom is 0.0540 e. The van der Waals surface area contributed by atoms with Gasteiger partial charge in [0.1, 0.15) is 0 Å². The third-order valence-corrected chi connectivity index (χ3v) is 14.0. The van der Waals surface area contributed by atoms with Crippen molar-refractivity contribution in [2.45, 2.75) is 50.9 Å². The van der Waals surface area contributed by atoms with Gasteiger partial charge in [-0.15, -0.1) is 6.58 Å². The number of fused-ring (bicyclic) bond motifs is 6. The number of hydrogen-bond acceptors (Lipinski definition) is 2. The Labute approximate surface area is 366 Å². The van der Waals surface area contributed by atoms with Crippen molar-refractivity contribution in [2.24, 2.45) is 0 Å². The van der Waals surface area contributed by atoms with E-state index in [9.17, 15) is 0 Å². The van der Waals surface area contributed by atoms with Gasteiger partial charge in [0.15, 0.2) is 0 Å². The van der Waals surface area contributed by atoms with Gasteiger partial charge in [0.05, 0.1) is 17.1 Å². The molecule has 62 heavy (non-hydrogen) atoms. The summed E-state index contributed by atoms with van der Waals surface area (Å²) >= 11 is 0. The fourth-order valence-corrected chi connectivity index (χ4v) is 10.7. The molecule has 0 amide bonds. The first-order valence-corrected chi connectivity index (χ1v) is 22.0. The van der Waals surface area contributed by atoms with Crippen molar-refractivity contribution in [3.05, 3.63) is 246 Å². The van der Waals surface area contributed by atoms with Crippen LogP contribution in [0.5, 0.6) is 0 Å². The maximum atomic E-state index is 4.38. The highest BCUT2D eigenvalue weighted by Crippen LogP contribution is 2.57. The Morgan fingerprint density at radius 3 is 2.16 bits per heavy atom. The van der Waals surface area contributed by atoms with Gasteiger partial charge >= 0.3 is 0 Å². The van der Waals surface area contributed by atoms with Gasteiger partial charge in [0.2, 0.25) is 0 Å². The minimum Gasteiger partial charge on any atom is -0.310 e. The first-order valence-electron chi connectivity index (χ1n) is 22.0. The van der Waals surface area contributed by atoms with E-state index in [2.05, 4.69) is 244 Å². The molecule has 0 N–H and O–H groups in total. The van der Waals surface area contributed by atoms with Gasteiger partial charge in [-0.2, -0.15) is 0 Å². The van der Waals surface area contributed by atoms with Crippen LogP contribution in [-0.4, -0.2) is 0 Å². The molecule has 11 rings (SSSR count). The van der Waals surface area contributed by atoms with Crippen LogP contribution >= 0.6 is 0 Å². The van der Waals surface area contributed by atoms with Crippen LogP contribution in [-0.2, 0) is 10.8 Å². The number of allylic oxidation sites excluding steroid dienone is 4.